The Morgan fingerprint density at radius 1 is 0.935 bits per heavy atom. The highest BCUT2D eigenvalue weighted by atomic mass is 19.4. The lowest BCUT2D eigenvalue weighted by Crippen LogP contribution is -2.43. The van der Waals surface area contributed by atoms with Crippen LogP contribution in [0, 0.1) is 5.41 Å². The molecule has 0 atom stereocenters. The molecule has 0 radical (unpaired) electrons. The third-order valence-electron chi connectivity index (χ3n) is 4.26. The number of alkyl halides is 3. The largest absolute Gasteiger partial charge is 0.493 e. The summed E-state index contributed by atoms with van der Waals surface area (Å²) in [6.45, 7) is 4.12. The van der Waals surface area contributed by atoms with Gasteiger partial charge in [-0.1, -0.05) is 51.1 Å². The maximum Gasteiger partial charge on any atom is 0.406 e. The predicted molar refractivity (Wildman–Crippen MR) is 112 cm³/mol. The van der Waals surface area contributed by atoms with Crippen LogP contribution in [-0.4, -0.2) is 44.3 Å². The smallest absolute Gasteiger partial charge is 0.406 e. The van der Waals surface area contributed by atoms with E-state index in [0.717, 1.165) is 10.5 Å². The predicted octanol–water partition coefficient (Wildman–Crippen LogP) is 5.33. The number of carbonyl (C=O) groups excluding carboxylic acids is 1. The van der Waals surface area contributed by atoms with Gasteiger partial charge >= 0.3 is 6.18 Å². The fourth-order valence-corrected chi connectivity index (χ4v) is 3.05. The molecule has 0 unspecified atom stereocenters. The van der Waals surface area contributed by atoms with Crippen molar-refractivity contribution in [2.24, 2.45) is 5.41 Å². The Hall–Kier alpha value is -2.90. The van der Waals surface area contributed by atoms with Crippen molar-refractivity contribution >= 4 is 5.91 Å². The number of hydrogen-bond acceptors (Lipinski definition) is 4. The number of halogens is 3. The van der Waals surface area contributed by atoms with Crippen LogP contribution in [0.3, 0.4) is 0 Å². The van der Waals surface area contributed by atoms with Crippen molar-refractivity contribution in [3.63, 3.8) is 0 Å². The molecule has 0 fully saturated rings. The minimum absolute atomic E-state index is 0.0225. The molecule has 0 heterocycles. The first-order chi connectivity index (χ1) is 14.4. The van der Waals surface area contributed by atoms with E-state index in [1.807, 2.05) is 30.3 Å². The van der Waals surface area contributed by atoms with Crippen molar-refractivity contribution in [3.05, 3.63) is 53.6 Å². The molecular formula is C23H28F3NO4. The molecule has 1 amide bonds. The van der Waals surface area contributed by atoms with Gasteiger partial charge in [-0.15, -0.1) is 0 Å². The van der Waals surface area contributed by atoms with E-state index in [9.17, 15) is 18.0 Å². The first-order valence-corrected chi connectivity index (χ1v) is 9.72. The number of rotatable bonds is 8. The van der Waals surface area contributed by atoms with Gasteiger partial charge in [-0.2, -0.15) is 13.2 Å². The van der Waals surface area contributed by atoms with Gasteiger partial charge in [-0.25, -0.2) is 0 Å². The third-order valence-corrected chi connectivity index (χ3v) is 4.26. The average molecular weight is 439 g/mol. The molecule has 0 saturated carbocycles. The molecule has 0 aliphatic carbocycles. The Bertz CT molecular complexity index is 836. The van der Waals surface area contributed by atoms with Crippen LogP contribution in [0.2, 0.25) is 0 Å². The van der Waals surface area contributed by atoms with Crippen LogP contribution in [0.15, 0.2) is 42.5 Å². The van der Waals surface area contributed by atoms with Crippen molar-refractivity contribution in [1.29, 1.82) is 0 Å². The van der Waals surface area contributed by atoms with Gasteiger partial charge in [0.2, 0.25) is 5.75 Å². The first-order valence-electron chi connectivity index (χ1n) is 9.72. The molecule has 2 aromatic rings. The zero-order chi connectivity index (χ0) is 23.2. The van der Waals surface area contributed by atoms with Gasteiger partial charge in [-0.3, -0.25) is 4.79 Å². The average Bonchev–Trinajstić information content (AvgIpc) is 2.69. The molecule has 0 aliphatic rings. The summed E-state index contributed by atoms with van der Waals surface area (Å²) in [5.74, 6) is -0.107. The van der Waals surface area contributed by atoms with Gasteiger partial charge < -0.3 is 19.1 Å². The Balaban J connectivity index is 2.37. The second kappa shape index (κ2) is 9.94. The molecule has 170 valence electrons. The molecule has 0 N–H and O–H groups in total. The number of amides is 1. The van der Waals surface area contributed by atoms with Gasteiger partial charge in [0, 0.05) is 12.1 Å². The van der Waals surface area contributed by atoms with Crippen molar-refractivity contribution in [1.82, 2.24) is 4.90 Å². The number of nitrogens with zero attached hydrogens (tertiary/aromatic N) is 1. The van der Waals surface area contributed by atoms with Gasteiger partial charge in [0.25, 0.3) is 5.91 Å². The lowest BCUT2D eigenvalue weighted by molar-refractivity contribution is -0.142. The van der Waals surface area contributed by atoms with E-state index in [1.165, 1.54) is 26.4 Å². The fraction of sp³-hybridized carbons (Fsp3) is 0.435. The van der Waals surface area contributed by atoms with Crippen molar-refractivity contribution in [3.8, 4) is 17.2 Å². The minimum atomic E-state index is -4.52. The lowest BCUT2D eigenvalue weighted by atomic mass is 9.95. The zero-order valence-corrected chi connectivity index (χ0v) is 18.4. The Kier molecular flexibility index (Phi) is 7.81. The minimum Gasteiger partial charge on any atom is -0.493 e. The monoisotopic (exact) mass is 439 g/mol. The van der Waals surface area contributed by atoms with Gasteiger partial charge in [0.1, 0.15) is 13.2 Å². The molecule has 0 saturated heterocycles. The van der Waals surface area contributed by atoms with Crippen LogP contribution in [-0.2, 0) is 6.61 Å². The maximum atomic E-state index is 13.1. The van der Waals surface area contributed by atoms with Crippen LogP contribution in [0.25, 0.3) is 0 Å². The van der Waals surface area contributed by atoms with Crippen LogP contribution in [0.1, 0.15) is 36.7 Å². The molecule has 0 aliphatic heterocycles. The van der Waals surface area contributed by atoms with E-state index in [4.69, 9.17) is 14.2 Å². The van der Waals surface area contributed by atoms with Gasteiger partial charge in [0.05, 0.1) is 14.2 Å². The molecule has 31 heavy (non-hydrogen) atoms. The molecule has 0 spiro atoms. The van der Waals surface area contributed by atoms with Crippen LogP contribution in [0.4, 0.5) is 13.2 Å². The Labute approximate surface area is 180 Å². The standard InChI is InChI=1S/C23H28F3NO4/c1-22(2,3)14-27(15-23(24,25)26)21(28)17-11-18(29-4)20(19(12-17)30-5)31-13-16-9-7-6-8-10-16/h6-12H,13-15H2,1-5H3. The molecule has 0 bridgehead atoms. The second-order valence-electron chi connectivity index (χ2n) is 8.32. The lowest BCUT2D eigenvalue weighted by Gasteiger charge is -2.31. The van der Waals surface area contributed by atoms with E-state index in [-0.39, 0.29) is 36.0 Å². The highest BCUT2D eigenvalue weighted by Gasteiger charge is 2.35. The zero-order valence-electron chi connectivity index (χ0n) is 18.4. The number of methoxy groups -OCH3 is 2. The van der Waals surface area contributed by atoms with Crippen molar-refractivity contribution < 1.29 is 32.2 Å². The van der Waals surface area contributed by atoms with Gasteiger partial charge in [-0.05, 0) is 23.1 Å². The molecular weight excluding hydrogens is 411 g/mol. The van der Waals surface area contributed by atoms with Crippen LogP contribution < -0.4 is 14.2 Å². The van der Waals surface area contributed by atoms with Crippen molar-refractivity contribution in [2.75, 3.05) is 27.3 Å². The van der Waals surface area contributed by atoms with E-state index in [0.29, 0.717) is 0 Å². The van der Waals surface area contributed by atoms with E-state index < -0.39 is 24.0 Å². The summed E-state index contributed by atoms with van der Waals surface area (Å²) in [4.78, 5) is 13.8. The van der Waals surface area contributed by atoms with Crippen LogP contribution in [0.5, 0.6) is 17.2 Å². The van der Waals surface area contributed by atoms with E-state index in [1.54, 1.807) is 20.8 Å². The second-order valence-corrected chi connectivity index (χ2v) is 8.32. The topological polar surface area (TPSA) is 48.0 Å². The summed E-state index contributed by atoms with van der Waals surface area (Å²) in [7, 11) is 2.78. The normalized spacial score (nSPS) is 11.7. The number of hydrogen-bond donors (Lipinski definition) is 0. The summed E-state index contributed by atoms with van der Waals surface area (Å²) in [6, 6.07) is 12.2. The summed E-state index contributed by atoms with van der Waals surface area (Å²) in [6.07, 6.45) is -4.52. The number of carbonyl (C=O) groups is 1. The summed E-state index contributed by atoms with van der Waals surface area (Å²) < 4.78 is 55.9. The molecule has 2 aromatic carbocycles. The Morgan fingerprint density at radius 2 is 1.48 bits per heavy atom. The summed E-state index contributed by atoms with van der Waals surface area (Å²) in [5.41, 5.74) is 0.413. The summed E-state index contributed by atoms with van der Waals surface area (Å²) >= 11 is 0. The van der Waals surface area contributed by atoms with E-state index >= 15 is 0 Å². The van der Waals surface area contributed by atoms with Crippen molar-refractivity contribution in [2.45, 2.75) is 33.6 Å². The third kappa shape index (κ3) is 7.38. The van der Waals surface area contributed by atoms with Crippen LogP contribution >= 0.6 is 0 Å². The molecule has 2 rings (SSSR count). The highest BCUT2D eigenvalue weighted by molar-refractivity contribution is 5.95. The van der Waals surface area contributed by atoms with E-state index in [2.05, 4.69) is 0 Å². The number of ether oxygens (including phenoxy) is 3. The first kappa shape index (κ1) is 24.4. The highest BCUT2D eigenvalue weighted by Crippen LogP contribution is 2.39. The molecule has 5 nitrogen and oxygen atoms in total. The molecule has 0 aromatic heterocycles. The maximum absolute atomic E-state index is 13.1. The summed E-state index contributed by atoms with van der Waals surface area (Å²) in [5, 5.41) is 0. The fourth-order valence-electron chi connectivity index (χ4n) is 3.05. The van der Waals surface area contributed by atoms with Gasteiger partial charge in [0.15, 0.2) is 11.5 Å². The quantitative estimate of drug-likeness (QED) is 0.558. The SMILES string of the molecule is COc1cc(C(=O)N(CC(C)(C)C)CC(F)(F)F)cc(OC)c1OCc1ccccc1. The Morgan fingerprint density at radius 3 is 1.94 bits per heavy atom. The number of benzene rings is 2. The molecule has 8 heteroatoms.